The average molecular weight is 327 g/mol. The molecule has 2 aromatic heterocycles. The maximum atomic E-state index is 11.8. The molecule has 4 aromatic rings. The molecule has 2 unspecified atom stereocenters. The van der Waals surface area contributed by atoms with Gasteiger partial charge in [-0.25, -0.2) is 0 Å². The highest BCUT2D eigenvalue weighted by Crippen LogP contribution is 2.32. The summed E-state index contributed by atoms with van der Waals surface area (Å²) in [5.41, 5.74) is 5.01. The molecule has 0 saturated heterocycles. The Morgan fingerprint density at radius 2 is 1.20 bits per heavy atom. The smallest absolute Gasteiger partial charge is 0.128 e. The van der Waals surface area contributed by atoms with Crippen molar-refractivity contribution in [3.8, 4) is 0 Å². The van der Waals surface area contributed by atoms with E-state index in [0.717, 1.165) is 39.5 Å². The van der Waals surface area contributed by atoms with Crippen LogP contribution in [0, 0.1) is 6.92 Å². The Kier molecular flexibility index (Phi) is 3.90. The van der Waals surface area contributed by atoms with Gasteiger partial charge in [0.1, 0.15) is 6.29 Å². The summed E-state index contributed by atoms with van der Waals surface area (Å²) in [4.78, 5) is 29.0. The number of benzene rings is 2. The van der Waals surface area contributed by atoms with Crippen molar-refractivity contribution in [3.05, 3.63) is 79.2 Å². The normalized spacial score (nSPS) is 13.6. The number of fused-ring (bicyclic) bond motifs is 2. The largest absolute Gasteiger partial charge is 0.303 e. The van der Waals surface area contributed by atoms with Crippen LogP contribution in [-0.4, -0.2) is 26.2 Å². The second-order valence-corrected chi connectivity index (χ2v) is 5.88. The van der Waals surface area contributed by atoms with Crippen LogP contribution in [0.5, 0.6) is 0 Å². The molecule has 0 aliphatic rings. The molecular weight excluding hydrogens is 312 g/mol. The number of rotatable bonds is 4. The summed E-state index contributed by atoms with van der Waals surface area (Å²) in [7, 11) is 0. The van der Waals surface area contributed by atoms with Crippen molar-refractivity contribution in [2.75, 3.05) is 0 Å². The van der Waals surface area contributed by atoms with Crippen LogP contribution in [0.3, 0.4) is 0 Å². The first-order chi connectivity index (χ1) is 12.3. The van der Waals surface area contributed by atoms with Gasteiger partial charge < -0.3 is 4.79 Å². The first-order valence-corrected chi connectivity index (χ1v) is 7.96. The van der Waals surface area contributed by atoms with Crippen molar-refractivity contribution in [1.29, 1.82) is 0 Å². The molecule has 2 heterocycles. The lowest BCUT2D eigenvalue weighted by molar-refractivity contribution is -0.109. The lowest BCUT2D eigenvalue weighted by Crippen LogP contribution is -2.10. The lowest BCUT2D eigenvalue weighted by atomic mass is 9.83. The fourth-order valence-corrected chi connectivity index (χ4v) is 3.01. The van der Waals surface area contributed by atoms with Crippen molar-refractivity contribution in [2.45, 2.75) is 11.8 Å². The number of carbonyl (C=O) groups is 1. The standard InChI is InChI=1S/C20H15N4O/c1-13(14-2-4-17-19(10-14)23-8-6-21-17)16(12-25)15-3-5-18-20(11-15)24-9-7-22-18/h2-13,16H,1H2. The molecule has 0 saturated carbocycles. The number of carbonyl (C=O) groups excluding carboxylic acids is 1. The molecule has 5 heteroatoms. The molecule has 0 fully saturated rings. The molecule has 0 amide bonds. The van der Waals surface area contributed by atoms with E-state index in [2.05, 4.69) is 26.9 Å². The van der Waals surface area contributed by atoms with Gasteiger partial charge in [-0.3, -0.25) is 19.9 Å². The minimum atomic E-state index is -0.375. The van der Waals surface area contributed by atoms with Crippen molar-refractivity contribution >= 4 is 28.4 Å². The highest BCUT2D eigenvalue weighted by molar-refractivity contribution is 5.78. The summed E-state index contributed by atoms with van der Waals surface area (Å²) >= 11 is 0. The Labute approximate surface area is 144 Å². The predicted molar refractivity (Wildman–Crippen MR) is 96.0 cm³/mol. The van der Waals surface area contributed by atoms with Crippen molar-refractivity contribution in [2.24, 2.45) is 0 Å². The van der Waals surface area contributed by atoms with Gasteiger partial charge in [-0.15, -0.1) is 0 Å². The van der Waals surface area contributed by atoms with Crippen LogP contribution in [-0.2, 0) is 4.79 Å². The van der Waals surface area contributed by atoms with Crippen LogP contribution in [0.15, 0.2) is 61.2 Å². The van der Waals surface area contributed by atoms with Crippen LogP contribution in [0.4, 0.5) is 0 Å². The fraction of sp³-hybridized carbons (Fsp3) is 0.100. The SMILES string of the molecule is [CH2]C(c1ccc2nccnc2c1)C(C=O)c1ccc2nccnc2c1. The second-order valence-electron chi connectivity index (χ2n) is 5.88. The highest BCUT2D eigenvalue weighted by Gasteiger charge is 2.21. The third-order valence-electron chi connectivity index (χ3n) is 4.38. The van der Waals surface area contributed by atoms with E-state index in [4.69, 9.17) is 0 Å². The maximum Gasteiger partial charge on any atom is 0.128 e. The molecule has 0 N–H and O–H groups in total. The number of nitrogens with zero attached hydrogens (tertiary/aromatic N) is 4. The first-order valence-electron chi connectivity index (χ1n) is 7.96. The molecule has 0 bridgehead atoms. The van der Waals surface area contributed by atoms with E-state index in [-0.39, 0.29) is 11.8 Å². The molecule has 0 aliphatic heterocycles. The molecule has 1 radical (unpaired) electrons. The van der Waals surface area contributed by atoms with Gasteiger partial charge in [0, 0.05) is 30.7 Å². The van der Waals surface area contributed by atoms with E-state index in [1.165, 1.54) is 0 Å². The summed E-state index contributed by atoms with van der Waals surface area (Å²) < 4.78 is 0. The third-order valence-corrected chi connectivity index (χ3v) is 4.38. The van der Waals surface area contributed by atoms with Crippen LogP contribution in [0.2, 0.25) is 0 Å². The molecule has 25 heavy (non-hydrogen) atoms. The molecular formula is C20H15N4O. The van der Waals surface area contributed by atoms with E-state index >= 15 is 0 Å². The van der Waals surface area contributed by atoms with Gasteiger partial charge in [0.15, 0.2) is 0 Å². The van der Waals surface area contributed by atoms with Gasteiger partial charge >= 0.3 is 0 Å². The zero-order valence-corrected chi connectivity index (χ0v) is 13.4. The van der Waals surface area contributed by atoms with E-state index in [9.17, 15) is 4.79 Å². The Morgan fingerprint density at radius 1 is 0.720 bits per heavy atom. The monoisotopic (exact) mass is 327 g/mol. The Hall–Kier alpha value is -3.21. The average Bonchev–Trinajstić information content (AvgIpc) is 2.68. The fourth-order valence-electron chi connectivity index (χ4n) is 3.01. The molecule has 4 rings (SSSR count). The number of aldehydes is 1. The van der Waals surface area contributed by atoms with Gasteiger partial charge in [0.05, 0.1) is 22.1 Å². The van der Waals surface area contributed by atoms with E-state index in [1.807, 2.05) is 36.4 Å². The highest BCUT2D eigenvalue weighted by atomic mass is 16.1. The number of hydrogen-bond donors (Lipinski definition) is 0. The van der Waals surface area contributed by atoms with Crippen molar-refractivity contribution in [3.63, 3.8) is 0 Å². The van der Waals surface area contributed by atoms with Gasteiger partial charge in [-0.2, -0.15) is 0 Å². The molecule has 121 valence electrons. The van der Waals surface area contributed by atoms with Gasteiger partial charge in [-0.05, 0) is 48.2 Å². The van der Waals surface area contributed by atoms with Crippen LogP contribution < -0.4 is 0 Å². The van der Waals surface area contributed by atoms with Gasteiger partial charge in [-0.1, -0.05) is 12.1 Å². The van der Waals surface area contributed by atoms with Gasteiger partial charge in [0.2, 0.25) is 0 Å². The van der Waals surface area contributed by atoms with Crippen molar-refractivity contribution in [1.82, 2.24) is 19.9 Å². The zero-order valence-electron chi connectivity index (χ0n) is 13.4. The number of aromatic nitrogens is 4. The van der Waals surface area contributed by atoms with Crippen LogP contribution >= 0.6 is 0 Å². The van der Waals surface area contributed by atoms with Crippen LogP contribution in [0.1, 0.15) is 23.0 Å². The summed E-state index contributed by atoms with van der Waals surface area (Å²) in [5.74, 6) is -0.612. The van der Waals surface area contributed by atoms with Gasteiger partial charge in [0.25, 0.3) is 0 Å². The topological polar surface area (TPSA) is 68.6 Å². The van der Waals surface area contributed by atoms with Crippen molar-refractivity contribution < 1.29 is 4.79 Å². The van der Waals surface area contributed by atoms with Crippen LogP contribution in [0.25, 0.3) is 22.1 Å². The third kappa shape index (κ3) is 2.85. The van der Waals surface area contributed by atoms with E-state index < -0.39 is 0 Å². The molecule has 2 aromatic carbocycles. The summed E-state index contributed by atoms with van der Waals surface area (Å²) in [6.45, 7) is 4.23. The molecule has 0 spiro atoms. The second kappa shape index (κ2) is 6.36. The Morgan fingerprint density at radius 3 is 1.76 bits per heavy atom. The first kappa shape index (κ1) is 15.3. The summed E-state index contributed by atoms with van der Waals surface area (Å²) in [6, 6.07) is 11.5. The Bertz CT molecular complexity index is 1060. The molecule has 5 nitrogen and oxygen atoms in total. The molecule has 2 atom stereocenters. The minimum absolute atomic E-state index is 0.238. The van der Waals surface area contributed by atoms with E-state index in [0.29, 0.717) is 0 Å². The quantitative estimate of drug-likeness (QED) is 0.537. The minimum Gasteiger partial charge on any atom is -0.303 e. The number of hydrogen-bond acceptors (Lipinski definition) is 5. The summed E-state index contributed by atoms with van der Waals surface area (Å²) in [5, 5.41) is 0. The Balaban J connectivity index is 1.73. The predicted octanol–water partition coefficient (Wildman–Crippen LogP) is 3.47. The van der Waals surface area contributed by atoms with E-state index in [1.54, 1.807) is 24.8 Å². The maximum absolute atomic E-state index is 11.8. The molecule has 0 aliphatic carbocycles. The summed E-state index contributed by atoms with van der Waals surface area (Å²) in [6.07, 6.45) is 7.55. The lowest BCUT2D eigenvalue weighted by Gasteiger charge is -2.20. The zero-order chi connectivity index (χ0) is 17.2.